The molecular formula is C17H15ClN4OS. The van der Waals surface area contributed by atoms with Gasteiger partial charge in [-0.25, -0.2) is 0 Å². The van der Waals surface area contributed by atoms with Crippen LogP contribution in [0.2, 0.25) is 5.02 Å². The zero-order valence-electron chi connectivity index (χ0n) is 12.9. The summed E-state index contributed by atoms with van der Waals surface area (Å²) in [6.45, 7) is 0.429. The Bertz CT molecular complexity index is 935. The quantitative estimate of drug-likeness (QED) is 0.529. The van der Waals surface area contributed by atoms with E-state index < -0.39 is 0 Å². The Morgan fingerprint density at radius 3 is 2.67 bits per heavy atom. The molecule has 0 amide bonds. The fourth-order valence-electron chi connectivity index (χ4n) is 2.47. The number of nitrogens with zero attached hydrogens (tertiary/aromatic N) is 3. The number of benzene rings is 2. The highest BCUT2D eigenvalue weighted by atomic mass is 35.5. The molecule has 0 aliphatic rings. The van der Waals surface area contributed by atoms with Crippen molar-refractivity contribution in [3.8, 4) is 5.88 Å². The van der Waals surface area contributed by atoms with Crippen molar-refractivity contribution in [1.82, 2.24) is 9.88 Å². The third-order valence-electron chi connectivity index (χ3n) is 3.66. The number of nitrogens with one attached hydrogen (secondary N) is 1. The van der Waals surface area contributed by atoms with Gasteiger partial charge in [-0.15, -0.1) is 10.2 Å². The number of aromatic hydroxyl groups is 1. The van der Waals surface area contributed by atoms with Crippen LogP contribution in [0.5, 0.6) is 5.88 Å². The van der Waals surface area contributed by atoms with Crippen LogP contribution >= 0.6 is 23.8 Å². The van der Waals surface area contributed by atoms with E-state index in [1.807, 2.05) is 48.5 Å². The van der Waals surface area contributed by atoms with Gasteiger partial charge in [0.25, 0.3) is 0 Å². The molecule has 0 aliphatic heterocycles. The number of azo groups is 1. The number of thiocarbonyl (C=S) groups is 1. The van der Waals surface area contributed by atoms with Gasteiger partial charge >= 0.3 is 0 Å². The average molecular weight is 359 g/mol. The summed E-state index contributed by atoms with van der Waals surface area (Å²) < 4.78 is 1.76. The van der Waals surface area contributed by atoms with E-state index in [9.17, 15) is 5.11 Å². The van der Waals surface area contributed by atoms with Crippen molar-refractivity contribution in [2.45, 2.75) is 6.54 Å². The maximum absolute atomic E-state index is 10.7. The molecule has 2 N–H and O–H groups in total. The summed E-state index contributed by atoms with van der Waals surface area (Å²) in [4.78, 5) is 0. The molecule has 0 spiro atoms. The molecule has 24 heavy (non-hydrogen) atoms. The van der Waals surface area contributed by atoms with Crippen molar-refractivity contribution >= 4 is 45.5 Å². The van der Waals surface area contributed by atoms with Crippen molar-refractivity contribution in [1.29, 1.82) is 0 Å². The highest BCUT2D eigenvalue weighted by Crippen LogP contribution is 2.39. The van der Waals surface area contributed by atoms with Crippen LogP contribution in [0.25, 0.3) is 10.9 Å². The summed E-state index contributed by atoms with van der Waals surface area (Å²) >= 11 is 11.2. The lowest BCUT2D eigenvalue weighted by Gasteiger charge is -2.08. The Morgan fingerprint density at radius 1 is 1.21 bits per heavy atom. The number of rotatable bonds is 3. The van der Waals surface area contributed by atoms with Gasteiger partial charge in [0, 0.05) is 17.5 Å². The van der Waals surface area contributed by atoms with Gasteiger partial charge < -0.3 is 15.0 Å². The largest absolute Gasteiger partial charge is 0.493 e. The van der Waals surface area contributed by atoms with Crippen LogP contribution in [0.15, 0.2) is 58.8 Å². The molecule has 2 aromatic carbocycles. The maximum atomic E-state index is 10.7. The molecule has 3 aromatic rings. The van der Waals surface area contributed by atoms with Gasteiger partial charge in [0.05, 0.1) is 12.1 Å². The number of hydrogen-bond acceptors (Lipinski definition) is 3. The summed E-state index contributed by atoms with van der Waals surface area (Å²) in [5.41, 5.74) is 2.14. The van der Waals surface area contributed by atoms with Crippen LogP contribution in [0.3, 0.4) is 0 Å². The van der Waals surface area contributed by atoms with E-state index in [0.29, 0.717) is 17.3 Å². The summed E-state index contributed by atoms with van der Waals surface area (Å²) in [5.74, 6) is 0.0266. The molecule has 0 unspecified atom stereocenters. The molecule has 0 fully saturated rings. The van der Waals surface area contributed by atoms with Crippen molar-refractivity contribution in [2.24, 2.45) is 10.2 Å². The lowest BCUT2D eigenvalue weighted by molar-refractivity contribution is 0.429. The standard InChI is InChI=1S/C17H15ClN4OS/c1-19-17(24)21-20-15-12-7-3-5-9-14(12)22(16(15)23)10-11-6-2-4-8-13(11)18/h2-9,23H,10H2,1H3,(H,19,24). The van der Waals surface area contributed by atoms with E-state index in [2.05, 4.69) is 15.5 Å². The van der Waals surface area contributed by atoms with Crippen molar-refractivity contribution < 1.29 is 5.11 Å². The zero-order chi connectivity index (χ0) is 17.1. The van der Waals surface area contributed by atoms with Crippen LogP contribution in [-0.4, -0.2) is 21.8 Å². The summed E-state index contributed by atoms with van der Waals surface area (Å²) in [6.07, 6.45) is 0. The fraction of sp³-hybridized carbons (Fsp3) is 0.118. The minimum Gasteiger partial charge on any atom is -0.493 e. The number of halogens is 1. The topological polar surface area (TPSA) is 61.9 Å². The number of para-hydroxylation sites is 1. The van der Waals surface area contributed by atoms with Crippen LogP contribution in [0.4, 0.5) is 5.69 Å². The van der Waals surface area contributed by atoms with Gasteiger partial charge in [-0.1, -0.05) is 48.0 Å². The highest BCUT2D eigenvalue weighted by molar-refractivity contribution is 7.80. The first-order chi connectivity index (χ1) is 11.6. The lowest BCUT2D eigenvalue weighted by Crippen LogP contribution is -2.11. The third kappa shape index (κ3) is 3.11. The molecular weight excluding hydrogens is 344 g/mol. The summed E-state index contributed by atoms with van der Waals surface area (Å²) in [6, 6.07) is 15.1. The number of hydrogen-bond donors (Lipinski definition) is 2. The molecule has 7 heteroatoms. The molecule has 0 saturated carbocycles. The monoisotopic (exact) mass is 358 g/mol. The number of aromatic nitrogens is 1. The SMILES string of the molecule is CNC(=S)N=Nc1c(O)n(Cc2ccccc2Cl)c2ccccc12. The second-order valence-corrected chi connectivity index (χ2v) is 5.92. The van der Waals surface area contributed by atoms with Gasteiger partial charge in [-0.2, -0.15) is 0 Å². The second-order valence-electron chi connectivity index (χ2n) is 5.12. The van der Waals surface area contributed by atoms with E-state index in [1.54, 1.807) is 11.6 Å². The first-order valence-electron chi connectivity index (χ1n) is 7.29. The molecule has 5 nitrogen and oxygen atoms in total. The molecule has 1 aromatic heterocycles. The molecule has 0 atom stereocenters. The van der Waals surface area contributed by atoms with Crippen LogP contribution in [0.1, 0.15) is 5.56 Å². The van der Waals surface area contributed by atoms with Crippen LogP contribution < -0.4 is 5.32 Å². The Morgan fingerprint density at radius 2 is 1.92 bits per heavy atom. The zero-order valence-corrected chi connectivity index (χ0v) is 14.5. The minimum absolute atomic E-state index is 0.0266. The van der Waals surface area contributed by atoms with Crippen LogP contribution in [0, 0.1) is 0 Å². The minimum atomic E-state index is 0.0266. The first-order valence-corrected chi connectivity index (χ1v) is 8.07. The molecule has 0 aliphatic carbocycles. The van der Waals surface area contributed by atoms with Crippen molar-refractivity contribution in [3.63, 3.8) is 0 Å². The summed E-state index contributed by atoms with van der Waals surface area (Å²) in [7, 11) is 1.67. The molecule has 0 saturated heterocycles. The Hall–Kier alpha value is -2.44. The Balaban J connectivity index is 2.12. The van der Waals surface area contributed by atoms with E-state index in [-0.39, 0.29) is 11.0 Å². The fourth-order valence-corrected chi connectivity index (χ4v) is 2.71. The normalized spacial score (nSPS) is 11.2. The van der Waals surface area contributed by atoms with Gasteiger partial charge in [0.1, 0.15) is 0 Å². The predicted molar refractivity (Wildman–Crippen MR) is 100 cm³/mol. The summed E-state index contributed by atoms with van der Waals surface area (Å²) in [5, 5.41) is 23.1. The maximum Gasteiger partial charge on any atom is 0.221 e. The molecule has 0 bridgehead atoms. The molecule has 1 heterocycles. The van der Waals surface area contributed by atoms with E-state index in [1.165, 1.54) is 0 Å². The van der Waals surface area contributed by atoms with E-state index in [4.69, 9.17) is 23.8 Å². The lowest BCUT2D eigenvalue weighted by atomic mass is 10.2. The first kappa shape index (κ1) is 16.4. The van der Waals surface area contributed by atoms with Gasteiger partial charge in [-0.05, 0) is 29.9 Å². The van der Waals surface area contributed by atoms with Crippen LogP contribution in [-0.2, 0) is 6.54 Å². The smallest absolute Gasteiger partial charge is 0.221 e. The van der Waals surface area contributed by atoms with Crippen molar-refractivity contribution in [2.75, 3.05) is 7.05 Å². The third-order valence-corrected chi connectivity index (χ3v) is 4.31. The van der Waals surface area contributed by atoms with Gasteiger partial charge in [0.2, 0.25) is 11.0 Å². The van der Waals surface area contributed by atoms with Gasteiger partial charge in [-0.3, -0.25) is 0 Å². The Kier molecular flexibility index (Phi) is 4.78. The van der Waals surface area contributed by atoms with Crippen molar-refractivity contribution in [3.05, 3.63) is 59.1 Å². The van der Waals surface area contributed by atoms with Gasteiger partial charge in [0.15, 0.2) is 5.69 Å². The molecule has 0 radical (unpaired) electrons. The van der Waals surface area contributed by atoms with E-state index >= 15 is 0 Å². The Labute approximate surface area is 149 Å². The number of fused-ring (bicyclic) bond motifs is 1. The van der Waals surface area contributed by atoms with E-state index in [0.717, 1.165) is 16.5 Å². The average Bonchev–Trinajstić information content (AvgIpc) is 2.86. The molecule has 122 valence electrons. The predicted octanol–water partition coefficient (Wildman–Crippen LogP) is 4.64. The molecule has 3 rings (SSSR count). The highest BCUT2D eigenvalue weighted by Gasteiger charge is 2.17. The second kappa shape index (κ2) is 6.98.